The Labute approximate surface area is 211 Å². The molecule has 1 saturated heterocycles. The van der Waals surface area contributed by atoms with E-state index >= 15 is 0 Å². The lowest BCUT2D eigenvalue weighted by Crippen LogP contribution is -2.47. The first-order chi connectivity index (χ1) is 18.0. The normalized spacial score (nSPS) is 22.2. The molecule has 3 aliphatic rings. The van der Waals surface area contributed by atoms with Gasteiger partial charge in [-0.05, 0) is 49.4 Å². The van der Waals surface area contributed by atoms with Gasteiger partial charge in [0.1, 0.15) is 5.41 Å². The number of nitrogens with zero attached hydrogens (tertiary/aromatic N) is 3. The third kappa shape index (κ3) is 3.21. The highest BCUT2D eigenvalue weighted by Crippen LogP contribution is 2.48. The third-order valence-corrected chi connectivity index (χ3v) is 7.99. The zero-order valence-corrected chi connectivity index (χ0v) is 20.0. The highest BCUT2D eigenvalue weighted by molar-refractivity contribution is 6.12. The molecule has 0 bridgehead atoms. The monoisotopic (exact) mass is 495 g/mol. The molecular formula is C27H25N7O3. The van der Waals surface area contributed by atoms with E-state index in [1.165, 1.54) is 0 Å². The number of anilines is 2. The maximum Gasteiger partial charge on any atom is 0.274 e. The molecule has 2 atom stereocenters. The van der Waals surface area contributed by atoms with Crippen molar-refractivity contribution in [3.05, 3.63) is 71.0 Å². The number of fused-ring (bicyclic) bond motifs is 4. The fraction of sp³-hybridized carbons (Fsp3) is 0.296. The highest BCUT2D eigenvalue weighted by atomic mass is 16.2. The molecule has 37 heavy (non-hydrogen) atoms. The fourth-order valence-electron chi connectivity index (χ4n) is 6.18. The molecule has 0 radical (unpaired) electrons. The molecule has 7 rings (SSSR count). The number of nitrogens with one attached hydrogen (secondary N) is 4. The van der Waals surface area contributed by atoms with Crippen LogP contribution in [-0.2, 0) is 27.8 Å². The fourth-order valence-corrected chi connectivity index (χ4v) is 6.18. The molecule has 1 aliphatic carbocycles. The second kappa shape index (κ2) is 8.02. The lowest BCUT2D eigenvalue weighted by molar-refractivity contribution is -0.128. The number of benzene rings is 2. The number of para-hydroxylation sites is 3. The molecule has 1 fully saturated rings. The van der Waals surface area contributed by atoms with Crippen LogP contribution in [-0.4, -0.2) is 55.9 Å². The minimum atomic E-state index is -1.21. The van der Waals surface area contributed by atoms with Gasteiger partial charge in [0.2, 0.25) is 17.8 Å². The Morgan fingerprint density at radius 2 is 1.86 bits per heavy atom. The Kier molecular flexibility index (Phi) is 4.72. The van der Waals surface area contributed by atoms with E-state index in [-0.39, 0.29) is 30.8 Å². The van der Waals surface area contributed by atoms with Crippen molar-refractivity contribution in [2.45, 2.75) is 31.1 Å². The van der Waals surface area contributed by atoms with Crippen LogP contribution in [0, 0.1) is 5.92 Å². The van der Waals surface area contributed by atoms with Crippen LogP contribution in [0.3, 0.4) is 0 Å². The lowest BCUT2D eigenvalue weighted by atomic mass is 9.73. The Morgan fingerprint density at radius 1 is 1.05 bits per heavy atom. The first-order valence-corrected chi connectivity index (χ1v) is 12.6. The molecular weight excluding hydrogens is 470 g/mol. The molecule has 2 aromatic carbocycles. The number of amides is 3. The van der Waals surface area contributed by atoms with E-state index in [1.807, 2.05) is 48.5 Å². The zero-order chi connectivity index (χ0) is 25.1. The van der Waals surface area contributed by atoms with Crippen molar-refractivity contribution in [3.63, 3.8) is 0 Å². The van der Waals surface area contributed by atoms with Crippen LogP contribution in [0.1, 0.15) is 40.2 Å². The molecule has 10 nitrogen and oxygen atoms in total. The summed E-state index contributed by atoms with van der Waals surface area (Å²) < 4.78 is 0. The van der Waals surface area contributed by atoms with E-state index in [0.29, 0.717) is 17.3 Å². The van der Waals surface area contributed by atoms with Gasteiger partial charge in [-0.3, -0.25) is 24.8 Å². The average Bonchev–Trinajstić information content (AvgIpc) is 3.68. The molecule has 4 aromatic rings. The number of likely N-dealkylation sites (tertiary alicyclic amines) is 1. The average molecular weight is 496 g/mol. The van der Waals surface area contributed by atoms with E-state index in [1.54, 1.807) is 4.90 Å². The molecule has 4 heterocycles. The molecule has 0 saturated carbocycles. The Bertz CT molecular complexity index is 1550. The first kappa shape index (κ1) is 21.8. The van der Waals surface area contributed by atoms with Crippen molar-refractivity contribution in [1.29, 1.82) is 0 Å². The largest absolute Gasteiger partial charge is 0.335 e. The van der Waals surface area contributed by atoms with Gasteiger partial charge in [-0.2, -0.15) is 5.10 Å². The second-order valence-electron chi connectivity index (χ2n) is 10.0. The number of aryl methyl sites for hydroxylation is 1. The smallest absolute Gasteiger partial charge is 0.274 e. The van der Waals surface area contributed by atoms with Gasteiger partial charge in [0.05, 0.1) is 17.0 Å². The molecule has 1 spiro atoms. The van der Waals surface area contributed by atoms with Gasteiger partial charge in [0.15, 0.2) is 5.69 Å². The molecule has 10 heteroatoms. The van der Waals surface area contributed by atoms with Gasteiger partial charge in [-0.25, -0.2) is 4.98 Å². The van der Waals surface area contributed by atoms with E-state index in [0.717, 1.165) is 53.5 Å². The van der Waals surface area contributed by atoms with Crippen molar-refractivity contribution in [2.75, 3.05) is 23.7 Å². The van der Waals surface area contributed by atoms with Crippen molar-refractivity contribution < 1.29 is 14.4 Å². The number of aromatic nitrogens is 4. The predicted octanol–water partition coefficient (Wildman–Crippen LogP) is 2.77. The number of hydrogen-bond acceptors (Lipinski definition) is 5. The maximum atomic E-state index is 13.8. The summed E-state index contributed by atoms with van der Waals surface area (Å²) in [6, 6.07) is 14.9. The second-order valence-corrected chi connectivity index (χ2v) is 10.0. The Balaban J connectivity index is 1.26. The number of aromatic amines is 2. The first-order valence-electron chi connectivity index (χ1n) is 12.6. The van der Waals surface area contributed by atoms with Gasteiger partial charge < -0.3 is 15.2 Å². The van der Waals surface area contributed by atoms with Crippen molar-refractivity contribution in [3.8, 4) is 0 Å². The van der Waals surface area contributed by atoms with Crippen LogP contribution in [0.5, 0.6) is 0 Å². The number of imidazole rings is 1. The molecule has 2 aliphatic heterocycles. The zero-order valence-electron chi connectivity index (χ0n) is 20.0. The van der Waals surface area contributed by atoms with Crippen LogP contribution >= 0.6 is 0 Å². The van der Waals surface area contributed by atoms with E-state index < -0.39 is 11.3 Å². The quantitative estimate of drug-likeness (QED) is 0.347. The summed E-state index contributed by atoms with van der Waals surface area (Å²) in [6.07, 6.45) is 3.74. The summed E-state index contributed by atoms with van der Waals surface area (Å²) in [5.41, 5.74) is 4.06. The van der Waals surface area contributed by atoms with Gasteiger partial charge >= 0.3 is 0 Å². The summed E-state index contributed by atoms with van der Waals surface area (Å²) in [5, 5.41) is 13.2. The number of rotatable bonds is 3. The highest BCUT2D eigenvalue weighted by Gasteiger charge is 2.61. The van der Waals surface area contributed by atoms with E-state index in [2.05, 4.69) is 30.8 Å². The molecule has 3 amide bonds. The Hall–Kier alpha value is -4.47. The summed E-state index contributed by atoms with van der Waals surface area (Å²) in [4.78, 5) is 50.3. The van der Waals surface area contributed by atoms with Crippen LogP contribution in [0.4, 0.5) is 11.6 Å². The molecule has 186 valence electrons. The van der Waals surface area contributed by atoms with Crippen molar-refractivity contribution in [2.24, 2.45) is 5.92 Å². The van der Waals surface area contributed by atoms with Crippen LogP contribution in [0.2, 0.25) is 0 Å². The minimum absolute atomic E-state index is 0.0916. The van der Waals surface area contributed by atoms with E-state index in [9.17, 15) is 14.4 Å². The summed E-state index contributed by atoms with van der Waals surface area (Å²) >= 11 is 0. The van der Waals surface area contributed by atoms with Gasteiger partial charge in [-0.15, -0.1) is 0 Å². The predicted molar refractivity (Wildman–Crippen MR) is 136 cm³/mol. The number of H-pyrrole nitrogens is 2. The van der Waals surface area contributed by atoms with Crippen LogP contribution in [0.25, 0.3) is 11.0 Å². The summed E-state index contributed by atoms with van der Waals surface area (Å²) in [7, 11) is 0. The topological polar surface area (TPSA) is 136 Å². The van der Waals surface area contributed by atoms with Crippen molar-refractivity contribution in [1.82, 2.24) is 25.1 Å². The van der Waals surface area contributed by atoms with Gasteiger partial charge in [0, 0.05) is 30.0 Å². The molecule has 4 N–H and O–H groups in total. The van der Waals surface area contributed by atoms with Gasteiger partial charge in [-0.1, -0.05) is 30.3 Å². The summed E-state index contributed by atoms with van der Waals surface area (Å²) in [6.45, 7) is 0.183. The molecule has 2 unspecified atom stereocenters. The lowest BCUT2D eigenvalue weighted by Gasteiger charge is -2.27. The van der Waals surface area contributed by atoms with E-state index in [4.69, 9.17) is 0 Å². The maximum absolute atomic E-state index is 13.8. The summed E-state index contributed by atoms with van der Waals surface area (Å²) in [5.74, 6) is -1.42. The van der Waals surface area contributed by atoms with Crippen LogP contribution < -0.4 is 10.6 Å². The minimum Gasteiger partial charge on any atom is -0.335 e. The number of carbonyl (C=O) groups excluding carboxylic acids is 3. The van der Waals surface area contributed by atoms with Crippen molar-refractivity contribution >= 4 is 40.4 Å². The molecule has 2 aromatic heterocycles. The standard InChI is InChI=1S/C27H25N7O3/c35-23(31-26-29-20-11-5-6-12-21(20)30-26)17-13-34(24(36)22-15-7-1-3-9-18(15)32-33-22)14-27(17)16-8-2-4-10-19(16)28-25(27)37/h2,4-6,8,10-12,17H,1,3,7,9,13-14H2,(H,28,37)(H,32,33)(H2,29,30,31,35). The van der Waals surface area contributed by atoms with Gasteiger partial charge in [0.25, 0.3) is 5.91 Å². The third-order valence-electron chi connectivity index (χ3n) is 7.99. The SMILES string of the molecule is O=C(Nc1nc2ccccc2[nH]1)C1CN(C(=O)c2n[nH]c3c2CCCC3)CC12C(=O)Nc1ccccc12. The number of carbonyl (C=O) groups is 3. The number of hydrogen-bond donors (Lipinski definition) is 4. The Morgan fingerprint density at radius 3 is 2.76 bits per heavy atom. The van der Waals surface area contributed by atoms with Crippen LogP contribution in [0.15, 0.2) is 48.5 Å².